The van der Waals surface area contributed by atoms with Crippen LogP contribution in [0, 0.1) is 23.1 Å². The first kappa shape index (κ1) is 23.5. The van der Waals surface area contributed by atoms with Crippen LogP contribution in [0.2, 0.25) is 0 Å². The molecule has 3 aromatic rings. The summed E-state index contributed by atoms with van der Waals surface area (Å²) in [7, 11) is 0. The lowest BCUT2D eigenvalue weighted by Gasteiger charge is -2.44. The van der Waals surface area contributed by atoms with Crippen LogP contribution in [0.5, 0.6) is 0 Å². The van der Waals surface area contributed by atoms with Crippen molar-refractivity contribution in [2.75, 3.05) is 29.5 Å². The summed E-state index contributed by atoms with van der Waals surface area (Å²) in [5, 5.41) is 19.0. The highest BCUT2D eigenvalue weighted by Gasteiger charge is 2.38. The number of carbonyl (C=O) groups is 1. The monoisotopic (exact) mass is 470 g/mol. The number of carboxylic acid groups (broad SMARTS) is 1. The molecule has 0 radical (unpaired) electrons. The molecule has 2 aromatic heterocycles. The first-order valence-electron chi connectivity index (χ1n) is 11.2. The highest BCUT2D eigenvalue weighted by atomic mass is 19.1. The molecule has 0 bridgehead atoms. The van der Waals surface area contributed by atoms with Crippen molar-refractivity contribution in [1.29, 1.82) is 0 Å². The van der Waals surface area contributed by atoms with Gasteiger partial charge in [0.05, 0.1) is 16.6 Å². The minimum atomic E-state index is -1.03. The van der Waals surface area contributed by atoms with Gasteiger partial charge >= 0.3 is 6.09 Å². The van der Waals surface area contributed by atoms with E-state index >= 15 is 0 Å². The van der Waals surface area contributed by atoms with E-state index in [9.17, 15) is 14.3 Å². The molecule has 1 fully saturated rings. The lowest BCUT2D eigenvalue weighted by molar-refractivity contribution is 0.137. The van der Waals surface area contributed by atoms with E-state index in [1.165, 1.54) is 6.07 Å². The summed E-state index contributed by atoms with van der Waals surface area (Å²) < 4.78 is 14.7. The van der Waals surface area contributed by atoms with Crippen LogP contribution in [-0.2, 0) is 0 Å². The number of aromatic nitrogens is 4. The van der Waals surface area contributed by atoms with E-state index in [1.807, 2.05) is 20.8 Å². The highest BCUT2D eigenvalue weighted by Crippen LogP contribution is 2.36. The van der Waals surface area contributed by atoms with E-state index in [4.69, 9.17) is 11.5 Å². The second-order valence-corrected chi connectivity index (χ2v) is 10.3. The van der Waals surface area contributed by atoms with Gasteiger partial charge in [0, 0.05) is 30.8 Å². The molecule has 1 aliphatic rings. The summed E-state index contributed by atoms with van der Waals surface area (Å²) in [6, 6.07) is 4.62. The average molecular weight is 471 g/mol. The molecular weight excluding hydrogens is 439 g/mol. The number of nitrogens with zero attached hydrogens (tertiary/aromatic N) is 4. The molecule has 10 nitrogen and oxygen atoms in total. The molecular formula is C23H31FN8O2. The van der Waals surface area contributed by atoms with Gasteiger partial charge in [-0.05, 0) is 35.8 Å². The number of H-pyrrole nitrogens is 1. The molecule has 1 aromatic carbocycles. The zero-order valence-corrected chi connectivity index (χ0v) is 19.8. The first-order valence-corrected chi connectivity index (χ1v) is 11.2. The Bertz CT molecular complexity index is 1220. The predicted molar refractivity (Wildman–Crippen MR) is 130 cm³/mol. The van der Waals surface area contributed by atoms with E-state index in [0.717, 1.165) is 13.0 Å². The van der Waals surface area contributed by atoms with Crippen molar-refractivity contribution < 1.29 is 14.3 Å². The van der Waals surface area contributed by atoms with Gasteiger partial charge in [-0.3, -0.25) is 5.10 Å². The summed E-state index contributed by atoms with van der Waals surface area (Å²) in [5.74, 6) is 0.659. The van der Waals surface area contributed by atoms with Crippen LogP contribution in [0.4, 0.5) is 26.8 Å². The molecule has 34 heavy (non-hydrogen) atoms. The van der Waals surface area contributed by atoms with E-state index < -0.39 is 11.9 Å². The van der Waals surface area contributed by atoms with Gasteiger partial charge < -0.3 is 26.8 Å². The van der Waals surface area contributed by atoms with E-state index in [1.54, 1.807) is 12.1 Å². The third-order valence-corrected chi connectivity index (χ3v) is 6.37. The van der Waals surface area contributed by atoms with Crippen molar-refractivity contribution >= 4 is 34.6 Å². The number of nitrogens with two attached hydrogens (primary N) is 2. The molecule has 3 atom stereocenters. The van der Waals surface area contributed by atoms with Crippen molar-refractivity contribution in [3.8, 4) is 11.3 Å². The Labute approximate surface area is 196 Å². The molecule has 182 valence electrons. The Hall–Kier alpha value is -3.63. The van der Waals surface area contributed by atoms with Crippen molar-refractivity contribution in [2.24, 2.45) is 17.3 Å². The van der Waals surface area contributed by atoms with Crippen LogP contribution < -0.4 is 21.7 Å². The third-order valence-electron chi connectivity index (χ3n) is 6.37. The Morgan fingerprint density at radius 3 is 2.68 bits per heavy atom. The smallest absolute Gasteiger partial charge is 0.404 e. The Kier molecular flexibility index (Phi) is 5.96. The average Bonchev–Trinajstić information content (AvgIpc) is 3.11. The Morgan fingerprint density at radius 1 is 1.26 bits per heavy atom. The number of nitrogens with one attached hydrogen (secondary N) is 2. The zero-order valence-electron chi connectivity index (χ0n) is 19.8. The number of piperidine rings is 1. The minimum absolute atomic E-state index is 0.0706. The summed E-state index contributed by atoms with van der Waals surface area (Å²) in [5.41, 5.74) is 13.0. The van der Waals surface area contributed by atoms with Gasteiger partial charge in [0.25, 0.3) is 0 Å². The summed E-state index contributed by atoms with van der Waals surface area (Å²) in [6.07, 6.45) is -0.148. The zero-order chi connectivity index (χ0) is 24.8. The fourth-order valence-electron chi connectivity index (χ4n) is 5.04. The van der Waals surface area contributed by atoms with Crippen molar-refractivity contribution in [1.82, 2.24) is 25.5 Å². The number of benzene rings is 1. The number of anilines is 3. The SMILES string of the molecule is C[C@@H]1C[C@@H](C(NC(=O)O)C(C)(C)C)CN(c2cc(-c3cc(F)c4c(N)n[nH]c4c3)nc(N)n2)C1. The lowest BCUT2D eigenvalue weighted by atomic mass is 9.74. The number of nitrogen functional groups attached to an aromatic ring is 2. The number of hydrogen-bond acceptors (Lipinski definition) is 7. The number of fused-ring (bicyclic) bond motifs is 1. The van der Waals surface area contributed by atoms with E-state index in [0.29, 0.717) is 35.1 Å². The molecule has 0 saturated carbocycles. The molecule has 1 unspecified atom stereocenters. The molecule has 1 amide bonds. The second-order valence-electron chi connectivity index (χ2n) is 10.3. The highest BCUT2D eigenvalue weighted by molar-refractivity contribution is 5.92. The number of hydrogen-bond donors (Lipinski definition) is 5. The van der Waals surface area contributed by atoms with Crippen molar-refractivity contribution in [2.45, 2.75) is 40.2 Å². The van der Waals surface area contributed by atoms with Crippen molar-refractivity contribution in [3.63, 3.8) is 0 Å². The fourth-order valence-corrected chi connectivity index (χ4v) is 5.04. The number of amides is 1. The number of halogens is 1. The lowest BCUT2D eigenvalue weighted by Crippen LogP contribution is -2.54. The Balaban J connectivity index is 1.69. The van der Waals surface area contributed by atoms with Crippen molar-refractivity contribution in [3.05, 3.63) is 24.0 Å². The van der Waals surface area contributed by atoms with Gasteiger partial charge in [0.15, 0.2) is 5.82 Å². The molecule has 0 aliphatic carbocycles. The van der Waals surface area contributed by atoms with Gasteiger partial charge in [-0.25, -0.2) is 14.2 Å². The van der Waals surface area contributed by atoms with Gasteiger partial charge in [-0.15, -0.1) is 0 Å². The molecule has 0 spiro atoms. The molecule has 1 aliphatic heterocycles. The fraction of sp³-hybridized carbons (Fsp3) is 0.478. The predicted octanol–water partition coefficient (Wildman–Crippen LogP) is 3.47. The molecule has 4 rings (SSSR count). The van der Waals surface area contributed by atoms with Gasteiger partial charge in [-0.2, -0.15) is 10.1 Å². The quantitative estimate of drug-likeness (QED) is 0.387. The number of aromatic amines is 1. The van der Waals surface area contributed by atoms with E-state index in [-0.39, 0.29) is 34.5 Å². The van der Waals surface area contributed by atoms with Crippen LogP contribution >= 0.6 is 0 Å². The van der Waals surface area contributed by atoms with E-state index in [2.05, 4.69) is 37.3 Å². The summed E-state index contributed by atoms with van der Waals surface area (Å²) in [4.78, 5) is 22.4. The van der Waals surface area contributed by atoms with Crippen LogP contribution in [0.25, 0.3) is 22.2 Å². The maximum atomic E-state index is 14.7. The first-order chi connectivity index (χ1) is 15.9. The Morgan fingerprint density at radius 2 is 2.00 bits per heavy atom. The van der Waals surface area contributed by atoms with Crippen LogP contribution in [0.15, 0.2) is 18.2 Å². The minimum Gasteiger partial charge on any atom is -0.465 e. The standard InChI is InChI=1S/C23H31FN8O2/c1-11-5-13(19(23(2,3)4)29-22(33)34)10-32(9-11)17-8-15(27-21(26)28-17)12-6-14(24)18-16(7-12)30-31-20(18)25/h6-8,11,13,19,29H,5,9-10H2,1-4H3,(H,33,34)(H3,25,30,31)(H2,26,27,28)/t11-,13-,19?/m1/s1. The summed E-state index contributed by atoms with van der Waals surface area (Å²) >= 11 is 0. The van der Waals surface area contributed by atoms with Crippen LogP contribution in [0.3, 0.4) is 0 Å². The molecule has 1 saturated heterocycles. The maximum absolute atomic E-state index is 14.7. The van der Waals surface area contributed by atoms with Gasteiger partial charge in [-0.1, -0.05) is 27.7 Å². The normalized spacial score (nSPS) is 19.9. The maximum Gasteiger partial charge on any atom is 0.404 e. The van der Waals surface area contributed by atoms with Gasteiger partial charge in [0.1, 0.15) is 11.6 Å². The third kappa shape index (κ3) is 4.68. The van der Waals surface area contributed by atoms with Gasteiger partial charge in [0.2, 0.25) is 5.95 Å². The topological polar surface area (TPSA) is 159 Å². The van der Waals surface area contributed by atoms with Crippen LogP contribution in [-0.4, -0.2) is 50.5 Å². The largest absolute Gasteiger partial charge is 0.465 e. The van der Waals surface area contributed by atoms with Crippen LogP contribution in [0.1, 0.15) is 34.1 Å². The molecule has 7 N–H and O–H groups in total. The molecule has 11 heteroatoms. The molecule has 3 heterocycles. The number of rotatable bonds is 4. The second kappa shape index (κ2) is 8.62. The summed E-state index contributed by atoms with van der Waals surface area (Å²) in [6.45, 7) is 9.57.